The van der Waals surface area contributed by atoms with Crippen molar-refractivity contribution in [3.63, 3.8) is 0 Å². The maximum Gasteiger partial charge on any atom is 0.460 e. The van der Waals surface area contributed by atoms with Crippen molar-refractivity contribution in [1.82, 2.24) is 0 Å². The second-order valence-corrected chi connectivity index (χ2v) is 3.51. The van der Waals surface area contributed by atoms with Crippen molar-refractivity contribution >= 4 is 0 Å². The van der Waals surface area contributed by atoms with Gasteiger partial charge < -0.3 is 4.74 Å². The molecule has 0 saturated carbocycles. The van der Waals surface area contributed by atoms with Gasteiger partial charge in [-0.25, -0.2) is 0 Å². The highest BCUT2D eigenvalue weighted by Crippen LogP contribution is 2.54. The Morgan fingerprint density at radius 1 is 0.824 bits per heavy atom. The first kappa shape index (κ1) is 14.4. The van der Waals surface area contributed by atoms with Gasteiger partial charge in [0.05, 0.1) is 12.7 Å². The van der Waals surface area contributed by atoms with E-state index in [-0.39, 0.29) is 6.61 Å². The van der Waals surface area contributed by atoms with Crippen molar-refractivity contribution < 1.29 is 44.3 Å². The third kappa shape index (κ3) is 2.31. The maximum atomic E-state index is 12.7. The van der Waals surface area contributed by atoms with Crippen LogP contribution < -0.4 is 0 Å². The first-order chi connectivity index (χ1) is 7.33. The van der Waals surface area contributed by atoms with E-state index in [2.05, 4.69) is 4.74 Å². The van der Waals surface area contributed by atoms with Crippen LogP contribution in [0.2, 0.25) is 0 Å². The molecule has 17 heavy (non-hydrogen) atoms. The predicted octanol–water partition coefficient (Wildman–Crippen LogP) is 3.24. The van der Waals surface area contributed by atoms with Crippen molar-refractivity contribution in [2.24, 2.45) is 0 Å². The lowest BCUT2D eigenvalue weighted by Crippen LogP contribution is -2.61. The Hall–Kier alpha value is -0.670. The fraction of sp³-hybridized carbons (Fsp3) is 1.00. The molecular weight excluding hydrogens is 271 g/mol. The summed E-state index contributed by atoms with van der Waals surface area (Å²) in [5.41, 5.74) is 0. The molecule has 0 radical (unpaired) electrons. The summed E-state index contributed by atoms with van der Waals surface area (Å²) in [6.45, 7) is -0.372. The molecule has 102 valence electrons. The Balaban J connectivity index is 2.98. The summed E-state index contributed by atoms with van der Waals surface area (Å²) in [4.78, 5) is 0. The monoisotopic (exact) mass is 276 g/mol. The lowest BCUT2D eigenvalue weighted by Gasteiger charge is -2.33. The molecule has 1 aliphatic heterocycles. The van der Waals surface area contributed by atoms with E-state index in [0.29, 0.717) is 0 Å². The molecule has 1 saturated heterocycles. The first-order valence-electron chi connectivity index (χ1n) is 4.15. The zero-order valence-corrected chi connectivity index (χ0v) is 7.80. The molecule has 0 spiro atoms. The van der Waals surface area contributed by atoms with Gasteiger partial charge in [0.1, 0.15) is 0 Å². The van der Waals surface area contributed by atoms with Crippen molar-refractivity contribution in [1.29, 1.82) is 0 Å². The van der Waals surface area contributed by atoms with Gasteiger partial charge in [-0.2, -0.15) is 39.5 Å². The predicted molar refractivity (Wildman–Crippen MR) is 35.3 cm³/mol. The third-order valence-electron chi connectivity index (χ3n) is 2.10. The summed E-state index contributed by atoms with van der Waals surface area (Å²) in [7, 11) is 0. The topological polar surface area (TPSA) is 12.5 Å². The minimum absolute atomic E-state index is 0.372. The molecule has 0 N–H and O–H groups in total. The number of hydrogen-bond acceptors (Lipinski definition) is 1. The average molecular weight is 276 g/mol. The normalized spacial score (nSPS) is 22.8. The Bertz CT molecular complexity index is 290. The number of alkyl halides is 9. The highest BCUT2D eigenvalue weighted by Gasteiger charge is 2.81. The lowest BCUT2D eigenvalue weighted by molar-refractivity contribution is -0.397. The van der Waals surface area contributed by atoms with Crippen LogP contribution >= 0.6 is 0 Å². The summed E-state index contributed by atoms with van der Waals surface area (Å²) in [5, 5.41) is 0. The largest absolute Gasteiger partial charge is 0.460 e. The van der Waals surface area contributed by atoms with Gasteiger partial charge in [0, 0.05) is 6.42 Å². The van der Waals surface area contributed by atoms with Crippen molar-refractivity contribution in [3.8, 4) is 0 Å². The average Bonchev–Trinajstić information content (AvgIpc) is 2.84. The van der Waals surface area contributed by atoms with E-state index in [1.165, 1.54) is 0 Å². The summed E-state index contributed by atoms with van der Waals surface area (Å²) >= 11 is 0. The minimum atomic E-state index is -6.81. The van der Waals surface area contributed by atoms with Crippen LogP contribution in [0.15, 0.2) is 0 Å². The van der Waals surface area contributed by atoms with Crippen molar-refractivity contribution in [2.75, 3.05) is 6.61 Å². The molecule has 0 unspecified atom stereocenters. The van der Waals surface area contributed by atoms with Gasteiger partial charge in [-0.1, -0.05) is 0 Å². The molecule has 1 rings (SSSR count). The third-order valence-corrected chi connectivity index (χ3v) is 2.10. The van der Waals surface area contributed by atoms with E-state index in [1.807, 2.05) is 0 Å². The zero-order valence-electron chi connectivity index (χ0n) is 7.80. The Labute approximate surface area is 88.5 Å². The first-order valence-corrected chi connectivity index (χ1v) is 4.15. The van der Waals surface area contributed by atoms with Gasteiger partial charge in [0.15, 0.2) is 0 Å². The highest BCUT2D eigenvalue weighted by atomic mass is 19.4. The maximum absolute atomic E-state index is 12.7. The molecule has 1 aliphatic rings. The summed E-state index contributed by atoms with van der Waals surface area (Å²) in [6.07, 6.45) is -10.1. The number of ether oxygens (including phenoxy) is 1. The molecule has 0 aromatic carbocycles. The van der Waals surface area contributed by atoms with Crippen LogP contribution in [-0.4, -0.2) is 36.7 Å². The Kier molecular flexibility index (Phi) is 3.10. The summed E-state index contributed by atoms with van der Waals surface area (Å²) in [6, 6.07) is 0. The van der Waals surface area contributed by atoms with Crippen molar-refractivity contribution in [2.45, 2.75) is 36.5 Å². The van der Waals surface area contributed by atoms with Gasteiger partial charge in [0.2, 0.25) is 0 Å². The quantitative estimate of drug-likeness (QED) is 0.567. The van der Waals surface area contributed by atoms with E-state index in [9.17, 15) is 39.5 Å². The Morgan fingerprint density at radius 2 is 1.24 bits per heavy atom. The van der Waals surface area contributed by atoms with Crippen LogP contribution in [0.25, 0.3) is 0 Å². The number of hydrogen-bond donors (Lipinski definition) is 0. The molecule has 1 nitrogen and oxygen atoms in total. The molecule has 1 atom stereocenters. The lowest BCUT2D eigenvalue weighted by atomic mass is 10.00. The van der Waals surface area contributed by atoms with E-state index >= 15 is 0 Å². The fourth-order valence-electron chi connectivity index (χ4n) is 1.01. The van der Waals surface area contributed by atoms with Crippen LogP contribution in [-0.2, 0) is 4.74 Å². The molecular formula is C7H5F9O. The molecule has 0 aromatic rings. The van der Waals surface area contributed by atoms with Crippen LogP contribution in [0.3, 0.4) is 0 Å². The molecule has 0 aromatic heterocycles. The van der Waals surface area contributed by atoms with Gasteiger partial charge in [-0.15, -0.1) is 0 Å². The number of epoxide rings is 1. The van der Waals surface area contributed by atoms with E-state index < -0.39 is 36.5 Å². The molecule has 1 fully saturated rings. The van der Waals surface area contributed by atoms with Crippen molar-refractivity contribution in [3.05, 3.63) is 0 Å². The molecule has 0 bridgehead atoms. The summed E-state index contributed by atoms with van der Waals surface area (Å²) < 4.78 is 114. The van der Waals surface area contributed by atoms with Gasteiger partial charge in [-0.3, -0.25) is 0 Å². The van der Waals surface area contributed by atoms with Crippen LogP contribution in [0, 0.1) is 0 Å². The second kappa shape index (κ2) is 3.66. The fourth-order valence-corrected chi connectivity index (χ4v) is 1.01. The minimum Gasteiger partial charge on any atom is -0.373 e. The molecule has 0 aliphatic carbocycles. The van der Waals surface area contributed by atoms with E-state index in [0.717, 1.165) is 0 Å². The molecule has 0 amide bonds. The summed E-state index contributed by atoms with van der Waals surface area (Å²) in [5.74, 6) is -18.8. The highest BCUT2D eigenvalue weighted by molar-refractivity contribution is 5.01. The van der Waals surface area contributed by atoms with Crippen LogP contribution in [0.1, 0.15) is 6.42 Å². The zero-order chi connectivity index (χ0) is 13.7. The van der Waals surface area contributed by atoms with Crippen LogP contribution in [0.4, 0.5) is 39.5 Å². The smallest absolute Gasteiger partial charge is 0.373 e. The standard InChI is InChI=1S/C7H5F9O/c8-4(9,1-3-2-17-3)5(10,11)6(12,13)7(14,15)16/h3H,1-2H2/t3-/m1/s1. The number of rotatable bonds is 4. The SMILES string of the molecule is FC(F)(F)C(F)(F)C(F)(F)C(F)(F)C[C@@H]1CO1. The van der Waals surface area contributed by atoms with Crippen LogP contribution in [0.5, 0.6) is 0 Å². The van der Waals surface area contributed by atoms with Gasteiger partial charge in [-0.05, 0) is 0 Å². The van der Waals surface area contributed by atoms with E-state index in [4.69, 9.17) is 0 Å². The Morgan fingerprint density at radius 3 is 1.53 bits per heavy atom. The molecule has 1 heterocycles. The van der Waals surface area contributed by atoms with Gasteiger partial charge in [0.25, 0.3) is 0 Å². The van der Waals surface area contributed by atoms with Gasteiger partial charge >= 0.3 is 23.9 Å². The number of halogens is 9. The second-order valence-electron chi connectivity index (χ2n) is 3.51. The van der Waals surface area contributed by atoms with E-state index in [1.54, 1.807) is 0 Å². The molecule has 10 heteroatoms.